The maximum atomic E-state index is 12.9. The second-order valence-corrected chi connectivity index (χ2v) is 7.05. The zero-order valence-corrected chi connectivity index (χ0v) is 17.5. The number of furan rings is 1. The quantitative estimate of drug-likeness (QED) is 0.380. The lowest BCUT2D eigenvalue weighted by Crippen LogP contribution is -2.29. The van der Waals surface area contributed by atoms with Crippen LogP contribution in [0.3, 0.4) is 0 Å². The number of nitrogens with zero attached hydrogens (tertiary/aromatic N) is 3. The molecular formula is C23H22N4O4. The lowest BCUT2D eigenvalue weighted by Gasteiger charge is -2.09. The first-order chi connectivity index (χ1) is 15.0. The Labute approximate surface area is 178 Å². The molecule has 2 aromatic carbocycles. The van der Waals surface area contributed by atoms with Gasteiger partial charge in [-0.25, -0.2) is 10.1 Å². The number of methoxy groups -OCH3 is 1. The van der Waals surface area contributed by atoms with Crippen molar-refractivity contribution in [1.82, 2.24) is 15.2 Å². The molecule has 4 rings (SSSR count). The molecule has 1 amide bonds. The molecule has 0 aliphatic heterocycles. The Kier molecular flexibility index (Phi) is 5.53. The Hall–Kier alpha value is -3.94. The van der Waals surface area contributed by atoms with Crippen LogP contribution < -0.4 is 15.7 Å². The van der Waals surface area contributed by atoms with E-state index in [4.69, 9.17) is 9.15 Å². The molecule has 0 radical (unpaired) electrons. The molecule has 0 unspecified atom stereocenters. The summed E-state index contributed by atoms with van der Waals surface area (Å²) < 4.78 is 12.5. The molecule has 0 atom stereocenters. The van der Waals surface area contributed by atoms with Crippen molar-refractivity contribution >= 4 is 33.4 Å². The van der Waals surface area contributed by atoms with Gasteiger partial charge < -0.3 is 9.15 Å². The van der Waals surface area contributed by atoms with Gasteiger partial charge in [-0.1, -0.05) is 37.3 Å². The standard InChI is InChI=1S/C23H22N4O4/c1-4-12-27-23(29)17-10-6-5-9-16(17)20(26-27)22(28)25-24-14(2)19-13-15-8-7-11-18(30-3)21(15)31-19/h5-11,13H,4,12H2,1-3H3,(H,25,28)/b24-14-. The summed E-state index contributed by atoms with van der Waals surface area (Å²) in [6.45, 7) is 4.10. The van der Waals surface area contributed by atoms with Crippen LogP contribution in [0, 0.1) is 0 Å². The average Bonchev–Trinajstić information content (AvgIpc) is 3.24. The molecule has 8 heteroatoms. The molecule has 0 spiro atoms. The van der Waals surface area contributed by atoms with Gasteiger partial charge in [-0.3, -0.25) is 9.59 Å². The van der Waals surface area contributed by atoms with E-state index >= 15 is 0 Å². The Bertz CT molecular complexity index is 1370. The zero-order valence-electron chi connectivity index (χ0n) is 17.5. The number of fused-ring (bicyclic) bond motifs is 2. The summed E-state index contributed by atoms with van der Waals surface area (Å²) in [5.41, 5.74) is 3.55. The van der Waals surface area contributed by atoms with Crippen molar-refractivity contribution in [1.29, 1.82) is 0 Å². The number of rotatable bonds is 6. The fourth-order valence-electron chi connectivity index (χ4n) is 3.38. The maximum absolute atomic E-state index is 12.9. The van der Waals surface area contributed by atoms with Crippen molar-refractivity contribution in [3.63, 3.8) is 0 Å². The molecule has 0 fully saturated rings. The molecule has 0 saturated heterocycles. The largest absolute Gasteiger partial charge is 0.493 e. The van der Waals surface area contributed by atoms with E-state index in [2.05, 4.69) is 15.6 Å². The van der Waals surface area contributed by atoms with Gasteiger partial charge in [0.25, 0.3) is 11.5 Å². The van der Waals surface area contributed by atoms with E-state index < -0.39 is 5.91 Å². The van der Waals surface area contributed by atoms with Crippen molar-refractivity contribution in [2.75, 3.05) is 7.11 Å². The third-order valence-electron chi connectivity index (χ3n) is 4.93. The van der Waals surface area contributed by atoms with Crippen LogP contribution in [-0.2, 0) is 6.54 Å². The number of aromatic nitrogens is 2. The van der Waals surface area contributed by atoms with E-state index in [1.807, 2.05) is 31.2 Å². The number of aryl methyl sites for hydroxylation is 1. The van der Waals surface area contributed by atoms with Crippen molar-refractivity contribution < 1.29 is 13.9 Å². The van der Waals surface area contributed by atoms with E-state index in [-0.39, 0.29) is 11.3 Å². The monoisotopic (exact) mass is 418 g/mol. The first-order valence-corrected chi connectivity index (χ1v) is 9.95. The highest BCUT2D eigenvalue weighted by molar-refractivity contribution is 6.06. The smallest absolute Gasteiger partial charge is 0.292 e. The first kappa shape index (κ1) is 20.3. The van der Waals surface area contributed by atoms with Crippen molar-refractivity contribution in [2.45, 2.75) is 26.8 Å². The van der Waals surface area contributed by atoms with E-state index in [9.17, 15) is 9.59 Å². The number of carbonyl (C=O) groups excluding carboxylic acids is 1. The van der Waals surface area contributed by atoms with Gasteiger partial charge in [-0.15, -0.1) is 0 Å². The van der Waals surface area contributed by atoms with Crippen molar-refractivity contribution in [3.8, 4) is 5.75 Å². The summed E-state index contributed by atoms with van der Waals surface area (Å²) >= 11 is 0. The van der Waals surface area contributed by atoms with Crippen LogP contribution in [0.5, 0.6) is 5.75 Å². The molecule has 0 aliphatic rings. The molecular weight excluding hydrogens is 396 g/mol. The second-order valence-electron chi connectivity index (χ2n) is 7.05. The molecule has 8 nitrogen and oxygen atoms in total. The topological polar surface area (TPSA) is 98.7 Å². The van der Waals surface area contributed by atoms with Crippen molar-refractivity contribution in [2.24, 2.45) is 5.10 Å². The van der Waals surface area contributed by atoms with E-state index in [0.717, 1.165) is 11.8 Å². The summed E-state index contributed by atoms with van der Waals surface area (Å²) in [5, 5.41) is 10.3. The Morgan fingerprint density at radius 2 is 1.97 bits per heavy atom. The second kappa shape index (κ2) is 8.43. The lowest BCUT2D eigenvalue weighted by atomic mass is 10.1. The Morgan fingerprint density at radius 3 is 2.71 bits per heavy atom. The Morgan fingerprint density at radius 1 is 1.19 bits per heavy atom. The third kappa shape index (κ3) is 3.79. The highest BCUT2D eigenvalue weighted by Gasteiger charge is 2.17. The number of amides is 1. The number of nitrogens with one attached hydrogen (secondary N) is 1. The molecule has 0 bridgehead atoms. The van der Waals surface area contributed by atoms with E-state index in [0.29, 0.717) is 40.1 Å². The molecule has 31 heavy (non-hydrogen) atoms. The van der Waals surface area contributed by atoms with Crippen LogP contribution in [0.4, 0.5) is 0 Å². The van der Waals surface area contributed by atoms with Gasteiger partial charge in [0.05, 0.1) is 12.5 Å². The number of hydrogen-bond donors (Lipinski definition) is 1. The molecule has 1 N–H and O–H groups in total. The maximum Gasteiger partial charge on any atom is 0.292 e. The van der Waals surface area contributed by atoms with Gasteiger partial charge in [0.1, 0.15) is 5.71 Å². The highest BCUT2D eigenvalue weighted by Crippen LogP contribution is 2.28. The van der Waals surface area contributed by atoms with Gasteiger partial charge in [0.2, 0.25) is 0 Å². The van der Waals surface area contributed by atoms with Gasteiger partial charge in [-0.05, 0) is 31.5 Å². The Balaban J connectivity index is 1.67. The summed E-state index contributed by atoms with van der Waals surface area (Å²) in [5.74, 6) is 0.622. The average molecular weight is 418 g/mol. The molecule has 4 aromatic rings. The minimum atomic E-state index is -0.505. The van der Waals surface area contributed by atoms with Gasteiger partial charge >= 0.3 is 0 Å². The normalized spacial score (nSPS) is 11.8. The van der Waals surface area contributed by atoms with Crippen LogP contribution in [0.15, 0.2) is 62.8 Å². The predicted molar refractivity (Wildman–Crippen MR) is 119 cm³/mol. The zero-order chi connectivity index (χ0) is 22.0. The summed E-state index contributed by atoms with van der Waals surface area (Å²) in [6.07, 6.45) is 0.721. The summed E-state index contributed by atoms with van der Waals surface area (Å²) in [6, 6.07) is 14.3. The van der Waals surface area contributed by atoms with Crippen LogP contribution in [0.25, 0.3) is 21.7 Å². The van der Waals surface area contributed by atoms with Crippen molar-refractivity contribution in [3.05, 3.63) is 70.3 Å². The first-order valence-electron chi connectivity index (χ1n) is 9.95. The number of hydrogen-bond acceptors (Lipinski definition) is 6. The fraction of sp³-hybridized carbons (Fsp3) is 0.217. The molecule has 2 heterocycles. The summed E-state index contributed by atoms with van der Waals surface area (Å²) in [7, 11) is 1.58. The van der Waals surface area contributed by atoms with E-state index in [1.165, 1.54) is 4.68 Å². The number of carbonyl (C=O) groups is 1. The van der Waals surface area contributed by atoms with Crippen LogP contribution in [0.1, 0.15) is 36.5 Å². The predicted octanol–water partition coefficient (Wildman–Crippen LogP) is 3.72. The number of benzene rings is 2. The third-order valence-corrected chi connectivity index (χ3v) is 4.93. The minimum Gasteiger partial charge on any atom is -0.493 e. The summed E-state index contributed by atoms with van der Waals surface area (Å²) in [4.78, 5) is 25.5. The van der Waals surface area contributed by atoms with E-state index in [1.54, 1.807) is 38.3 Å². The van der Waals surface area contributed by atoms with Gasteiger partial charge in [0, 0.05) is 17.3 Å². The van der Waals surface area contributed by atoms with Gasteiger partial charge in [-0.2, -0.15) is 10.2 Å². The fourth-order valence-corrected chi connectivity index (χ4v) is 3.38. The molecule has 0 aliphatic carbocycles. The van der Waals surface area contributed by atoms with Crippen LogP contribution >= 0.6 is 0 Å². The molecule has 158 valence electrons. The van der Waals surface area contributed by atoms with Crippen LogP contribution in [0.2, 0.25) is 0 Å². The molecule has 2 aromatic heterocycles. The van der Waals surface area contributed by atoms with Gasteiger partial charge in [0.15, 0.2) is 22.8 Å². The highest BCUT2D eigenvalue weighted by atomic mass is 16.5. The number of hydrazone groups is 1. The number of para-hydroxylation sites is 1. The SMILES string of the molecule is CCCn1nc(C(=O)N/N=C(/C)c2cc3cccc(OC)c3o2)c2ccccc2c1=O. The molecule has 0 saturated carbocycles. The lowest BCUT2D eigenvalue weighted by molar-refractivity contribution is 0.0949. The van der Waals surface area contributed by atoms with Crippen LogP contribution in [-0.4, -0.2) is 28.5 Å². The number of ether oxygens (including phenoxy) is 1. The minimum absolute atomic E-state index is 0.145.